The second-order valence-corrected chi connectivity index (χ2v) is 8.09. The number of likely N-dealkylation sites (N-methyl/N-ethyl adjacent to an activating group) is 1. The van der Waals surface area contributed by atoms with E-state index in [0.29, 0.717) is 6.54 Å². The summed E-state index contributed by atoms with van der Waals surface area (Å²) in [5.74, 6) is 1.58. The van der Waals surface area contributed by atoms with E-state index in [9.17, 15) is 4.79 Å². The van der Waals surface area contributed by atoms with Crippen molar-refractivity contribution in [2.45, 2.75) is 32.7 Å². The number of hydrogen-bond donors (Lipinski definition) is 2. The van der Waals surface area contributed by atoms with Crippen molar-refractivity contribution in [1.29, 1.82) is 0 Å². The first-order valence-corrected chi connectivity index (χ1v) is 9.91. The second kappa shape index (κ2) is 10.5. The number of carbonyl (C=O) groups excluding carboxylic acids is 1. The highest BCUT2D eigenvalue weighted by Crippen LogP contribution is 2.20. The van der Waals surface area contributed by atoms with E-state index in [-0.39, 0.29) is 12.1 Å². The number of likely N-dealkylation sites (tertiary alicyclic amines) is 1. The van der Waals surface area contributed by atoms with Crippen LogP contribution in [0.5, 0.6) is 0 Å². The second-order valence-electron chi connectivity index (χ2n) is 8.09. The number of nitrogens with zero attached hydrogens (tertiary/aromatic N) is 2. The molecule has 3 atom stereocenters. The Bertz CT molecular complexity index is 524. The molecule has 3 unspecified atom stereocenters. The largest absolute Gasteiger partial charge is 0.338 e. The van der Waals surface area contributed by atoms with Gasteiger partial charge < -0.3 is 20.4 Å². The van der Waals surface area contributed by atoms with Crippen LogP contribution in [0, 0.1) is 11.8 Å². The van der Waals surface area contributed by atoms with E-state index < -0.39 is 0 Å². The van der Waals surface area contributed by atoms with Gasteiger partial charge in [-0.25, -0.2) is 4.79 Å². The molecule has 146 valence electrons. The van der Waals surface area contributed by atoms with Crippen LogP contribution >= 0.6 is 0 Å². The topological polar surface area (TPSA) is 47.6 Å². The molecule has 2 N–H and O–H groups in total. The summed E-state index contributed by atoms with van der Waals surface area (Å²) in [7, 11) is 4.08. The van der Waals surface area contributed by atoms with Crippen molar-refractivity contribution in [3.05, 3.63) is 35.9 Å². The van der Waals surface area contributed by atoms with Crippen molar-refractivity contribution in [1.82, 2.24) is 20.4 Å². The molecular weight excluding hydrogens is 324 g/mol. The fraction of sp³-hybridized carbons (Fsp3) is 0.667. The zero-order valence-corrected chi connectivity index (χ0v) is 16.9. The number of rotatable bonds is 8. The van der Waals surface area contributed by atoms with E-state index in [1.807, 2.05) is 32.3 Å². The lowest BCUT2D eigenvalue weighted by Crippen LogP contribution is -2.42. The Labute approximate surface area is 159 Å². The summed E-state index contributed by atoms with van der Waals surface area (Å²) in [5, 5.41) is 6.01. The Morgan fingerprint density at radius 2 is 1.81 bits per heavy atom. The van der Waals surface area contributed by atoms with Crippen LogP contribution < -0.4 is 10.6 Å². The van der Waals surface area contributed by atoms with E-state index in [1.165, 1.54) is 25.1 Å². The molecule has 2 amide bonds. The number of piperidine rings is 1. The molecule has 1 heterocycles. The Balaban J connectivity index is 1.65. The summed E-state index contributed by atoms with van der Waals surface area (Å²) < 4.78 is 0. The summed E-state index contributed by atoms with van der Waals surface area (Å²) >= 11 is 0. The monoisotopic (exact) mass is 360 g/mol. The van der Waals surface area contributed by atoms with Gasteiger partial charge in [-0.1, -0.05) is 44.2 Å². The highest BCUT2D eigenvalue weighted by Gasteiger charge is 2.21. The number of urea groups is 1. The molecular formula is C21H36N4O. The molecule has 5 nitrogen and oxygen atoms in total. The molecule has 0 bridgehead atoms. The minimum Gasteiger partial charge on any atom is -0.338 e. The summed E-state index contributed by atoms with van der Waals surface area (Å²) in [4.78, 5) is 16.8. The zero-order valence-electron chi connectivity index (χ0n) is 16.9. The maximum atomic E-state index is 12.1. The fourth-order valence-electron chi connectivity index (χ4n) is 4.00. The van der Waals surface area contributed by atoms with Crippen molar-refractivity contribution in [2.24, 2.45) is 11.8 Å². The minimum atomic E-state index is -0.0758. The first kappa shape index (κ1) is 20.7. The lowest BCUT2D eigenvalue weighted by atomic mass is 9.92. The van der Waals surface area contributed by atoms with Crippen LogP contribution in [0.15, 0.2) is 30.3 Å². The fourth-order valence-corrected chi connectivity index (χ4v) is 4.00. The lowest BCUT2D eigenvalue weighted by molar-refractivity contribution is 0.139. The molecule has 0 saturated carbocycles. The van der Waals surface area contributed by atoms with Gasteiger partial charge in [0.2, 0.25) is 0 Å². The van der Waals surface area contributed by atoms with E-state index in [4.69, 9.17) is 0 Å². The van der Waals surface area contributed by atoms with Crippen LogP contribution in [0.3, 0.4) is 0 Å². The van der Waals surface area contributed by atoms with Gasteiger partial charge in [-0.2, -0.15) is 0 Å². The van der Waals surface area contributed by atoms with E-state index in [2.05, 4.69) is 46.4 Å². The molecule has 1 fully saturated rings. The molecule has 1 saturated heterocycles. The van der Waals surface area contributed by atoms with Crippen LogP contribution in [0.2, 0.25) is 0 Å². The van der Waals surface area contributed by atoms with Gasteiger partial charge in [-0.05, 0) is 50.9 Å². The third-order valence-corrected chi connectivity index (χ3v) is 5.14. The molecule has 0 spiro atoms. The van der Waals surface area contributed by atoms with E-state index >= 15 is 0 Å². The van der Waals surface area contributed by atoms with Gasteiger partial charge in [0.1, 0.15) is 0 Å². The van der Waals surface area contributed by atoms with Crippen LogP contribution in [0.25, 0.3) is 0 Å². The Kier molecular flexibility index (Phi) is 8.39. The number of nitrogens with one attached hydrogen (secondary N) is 2. The molecule has 0 aromatic heterocycles. The van der Waals surface area contributed by atoms with Gasteiger partial charge in [-0.15, -0.1) is 0 Å². The average molecular weight is 361 g/mol. The number of hydrogen-bond acceptors (Lipinski definition) is 3. The smallest absolute Gasteiger partial charge is 0.314 e. The molecule has 0 radical (unpaired) electrons. The summed E-state index contributed by atoms with van der Waals surface area (Å²) in [6.07, 6.45) is 2.34. The maximum absolute atomic E-state index is 12.1. The normalized spacial score (nSPS) is 22.2. The quantitative estimate of drug-likeness (QED) is 0.701. The Hall–Kier alpha value is -1.59. The maximum Gasteiger partial charge on any atom is 0.314 e. The zero-order chi connectivity index (χ0) is 18.9. The van der Waals surface area contributed by atoms with Crippen LogP contribution in [0.1, 0.15) is 38.3 Å². The first-order valence-electron chi connectivity index (χ1n) is 9.91. The molecule has 1 aliphatic rings. The molecule has 1 aliphatic heterocycles. The molecule has 26 heavy (non-hydrogen) atoms. The predicted octanol–water partition coefficient (Wildman–Crippen LogP) is 2.96. The minimum absolute atomic E-state index is 0.0758. The Morgan fingerprint density at radius 1 is 1.15 bits per heavy atom. The molecule has 1 aromatic rings. The predicted molar refractivity (Wildman–Crippen MR) is 108 cm³/mol. The summed E-state index contributed by atoms with van der Waals surface area (Å²) in [6.45, 7) is 9.45. The van der Waals surface area contributed by atoms with Crippen LogP contribution in [-0.2, 0) is 0 Å². The van der Waals surface area contributed by atoms with Crippen LogP contribution in [0.4, 0.5) is 4.79 Å². The highest BCUT2D eigenvalue weighted by molar-refractivity contribution is 5.73. The first-order chi connectivity index (χ1) is 12.5. The average Bonchev–Trinajstić information content (AvgIpc) is 2.59. The van der Waals surface area contributed by atoms with Crippen molar-refractivity contribution in [3.8, 4) is 0 Å². The van der Waals surface area contributed by atoms with Crippen molar-refractivity contribution in [3.63, 3.8) is 0 Å². The van der Waals surface area contributed by atoms with Crippen molar-refractivity contribution in [2.75, 3.05) is 46.8 Å². The standard InChI is InChI=1S/C21H36N4O/c1-17-13-18(2)16-25(15-17)12-8-11-22-21(26)23-14-20(24(3)4)19-9-6-5-7-10-19/h5-7,9-10,17-18,20H,8,11-16H2,1-4H3,(H2,22,23,26). The van der Waals surface area contributed by atoms with Crippen LogP contribution in [-0.4, -0.2) is 62.7 Å². The Morgan fingerprint density at radius 3 is 2.42 bits per heavy atom. The third kappa shape index (κ3) is 6.96. The lowest BCUT2D eigenvalue weighted by Gasteiger charge is -2.34. The van der Waals surface area contributed by atoms with Gasteiger partial charge >= 0.3 is 6.03 Å². The number of amides is 2. The third-order valence-electron chi connectivity index (χ3n) is 5.14. The van der Waals surface area contributed by atoms with Gasteiger partial charge in [0.15, 0.2) is 0 Å². The number of benzene rings is 1. The van der Waals surface area contributed by atoms with Gasteiger partial charge in [0, 0.05) is 26.2 Å². The molecule has 2 rings (SSSR count). The van der Waals surface area contributed by atoms with Crippen molar-refractivity contribution < 1.29 is 4.79 Å². The van der Waals surface area contributed by atoms with E-state index in [1.54, 1.807) is 0 Å². The molecule has 1 aromatic carbocycles. The van der Waals surface area contributed by atoms with Gasteiger partial charge in [-0.3, -0.25) is 0 Å². The van der Waals surface area contributed by atoms with Gasteiger partial charge in [0.25, 0.3) is 0 Å². The number of carbonyl (C=O) groups is 1. The SMILES string of the molecule is CC1CC(C)CN(CCCNC(=O)NCC(c2ccccc2)N(C)C)C1. The van der Waals surface area contributed by atoms with Crippen molar-refractivity contribution >= 4 is 6.03 Å². The highest BCUT2D eigenvalue weighted by atomic mass is 16.2. The molecule has 5 heteroatoms. The summed E-state index contributed by atoms with van der Waals surface area (Å²) in [5.41, 5.74) is 1.21. The van der Waals surface area contributed by atoms with Gasteiger partial charge in [0.05, 0.1) is 6.04 Å². The molecule has 0 aliphatic carbocycles. The van der Waals surface area contributed by atoms with E-state index in [0.717, 1.165) is 31.3 Å². The summed E-state index contributed by atoms with van der Waals surface area (Å²) in [6, 6.07) is 10.4.